The molecule has 3 nitrogen and oxygen atoms in total. The lowest BCUT2D eigenvalue weighted by Crippen LogP contribution is -3.18. The van der Waals surface area contributed by atoms with Gasteiger partial charge in [0, 0.05) is 0 Å². The van der Waals surface area contributed by atoms with Gasteiger partial charge < -0.3 is 9.80 Å². The number of carbonyl (C=O) groups excluding carboxylic acids is 1. The Morgan fingerprint density at radius 2 is 1.71 bits per heavy atom. The fourth-order valence-corrected chi connectivity index (χ4v) is 4.84. The minimum Gasteiger partial charge on any atom is -0.328 e. The van der Waals surface area contributed by atoms with Crippen molar-refractivity contribution in [2.75, 3.05) is 39.3 Å². The SMILES string of the molecule is CC[C@@H](C)C12C[NH+]3CC[NH+](CC(C)(C3)C1=O)C2. The molecule has 0 spiro atoms. The van der Waals surface area contributed by atoms with E-state index >= 15 is 0 Å². The fraction of sp³-hybridized carbons (Fsp3) is 0.929. The third kappa shape index (κ3) is 1.45. The van der Waals surface area contributed by atoms with Gasteiger partial charge in [-0.2, -0.15) is 0 Å². The van der Waals surface area contributed by atoms with Crippen LogP contribution in [0.1, 0.15) is 27.2 Å². The Bertz CT molecular complexity index is 336. The third-order valence-electron chi connectivity index (χ3n) is 5.80. The smallest absolute Gasteiger partial charge is 0.167 e. The molecule has 4 fully saturated rings. The molecule has 0 aromatic heterocycles. The first-order valence-electron chi connectivity index (χ1n) is 7.22. The Morgan fingerprint density at radius 3 is 2.18 bits per heavy atom. The van der Waals surface area contributed by atoms with Gasteiger partial charge in [0.15, 0.2) is 5.78 Å². The van der Waals surface area contributed by atoms with Crippen LogP contribution in [-0.2, 0) is 4.79 Å². The predicted molar refractivity (Wildman–Crippen MR) is 66.1 cm³/mol. The monoisotopic (exact) mass is 238 g/mol. The maximum Gasteiger partial charge on any atom is 0.167 e. The molecule has 2 N–H and O–H groups in total. The summed E-state index contributed by atoms with van der Waals surface area (Å²) in [6, 6.07) is 0. The highest BCUT2D eigenvalue weighted by atomic mass is 16.1. The van der Waals surface area contributed by atoms with Crippen molar-refractivity contribution in [3.05, 3.63) is 0 Å². The molecule has 0 aliphatic carbocycles. The Hall–Kier alpha value is -0.410. The van der Waals surface area contributed by atoms with Crippen molar-refractivity contribution in [1.82, 2.24) is 0 Å². The first kappa shape index (κ1) is 11.7. The van der Waals surface area contributed by atoms with Gasteiger partial charge in [0.1, 0.15) is 23.9 Å². The quantitative estimate of drug-likeness (QED) is 0.596. The van der Waals surface area contributed by atoms with Crippen LogP contribution in [0.4, 0.5) is 0 Å². The second-order valence-corrected chi connectivity index (χ2v) is 7.06. The molecule has 2 unspecified atom stereocenters. The second kappa shape index (κ2) is 3.55. The van der Waals surface area contributed by atoms with E-state index < -0.39 is 0 Å². The molecule has 4 rings (SSSR count). The summed E-state index contributed by atoms with van der Waals surface area (Å²) in [5.41, 5.74) is -0.0255. The van der Waals surface area contributed by atoms with E-state index in [1.165, 1.54) is 13.1 Å². The maximum absolute atomic E-state index is 12.9. The average molecular weight is 238 g/mol. The summed E-state index contributed by atoms with van der Waals surface area (Å²) in [7, 11) is 0. The van der Waals surface area contributed by atoms with Crippen molar-refractivity contribution in [2.45, 2.75) is 27.2 Å². The summed E-state index contributed by atoms with van der Waals surface area (Å²) in [5.74, 6) is 1.16. The van der Waals surface area contributed by atoms with Gasteiger partial charge in [-0.15, -0.1) is 0 Å². The van der Waals surface area contributed by atoms with E-state index in [-0.39, 0.29) is 10.8 Å². The molecule has 3 heteroatoms. The highest BCUT2D eigenvalue weighted by Crippen LogP contribution is 2.40. The number of Topliss-reactive ketones (excluding diaryl/α,β-unsaturated/α-hetero) is 1. The molecule has 0 aromatic rings. The zero-order chi connectivity index (χ0) is 12.3. The van der Waals surface area contributed by atoms with Crippen molar-refractivity contribution in [3.63, 3.8) is 0 Å². The van der Waals surface area contributed by atoms with Crippen molar-refractivity contribution in [3.8, 4) is 0 Å². The van der Waals surface area contributed by atoms with Gasteiger partial charge in [-0.3, -0.25) is 4.79 Å². The lowest BCUT2D eigenvalue weighted by molar-refractivity contribution is -0.918. The molecule has 0 saturated carbocycles. The van der Waals surface area contributed by atoms with E-state index in [4.69, 9.17) is 0 Å². The Balaban J connectivity index is 2.06. The molecule has 96 valence electrons. The van der Waals surface area contributed by atoms with Crippen LogP contribution in [-0.4, -0.2) is 45.1 Å². The third-order valence-corrected chi connectivity index (χ3v) is 5.80. The fourth-order valence-electron chi connectivity index (χ4n) is 4.84. The molecule has 0 radical (unpaired) electrons. The van der Waals surface area contributed by atoms with E-state index in [2.05, 4.69) is 20.8 Å². The Morgan fingerprint density at radius 1 is 1.18 bits per heavy atom. The van der Waals surface area contributed by atoms with Crippen LogP contribution in [0.5, 0.6) is 0 Å². The standard InChI is InChI=1S/C14H24N2O/c1-4-11(2)14-9-15-5-6-16(10-14)8-13(3,7-15)12(14)17/h11H,4-10H2,1-3H3/p+2/t11-,13?,14?/m1/s1. The van der Waals surface area contributed by atoms with Crippen molar-refractivity contribution < 1.29 is 14.6 Å². The minimum absolute atomic E-state index is 0.00116. The minimum atomic E-state index is -0.0267. The average Bonchev–Trinajstić information content (AvgIpc) is 2.51. The largest absolute Gasteiger partial charge is 0.328 e. The Kier molecular flexibility index (Phi) is 2.43. The maximum atomic E-state index is 12.9. The summed E-state index contributed by atoms with van der Waals surface area (Å²) in [6.45, 7) is 13.7. The van der Waals surface area contributed by atoms with Crippen LogP contribution in [0.3, 0.4) is 0 Å². The van der Waals surface area contributed by atoms with Crippen LogP contribution >= 0.6 is 0 Å². The molecular formula is C14H26N2O+2. The number of piperidine rings is 2. The first-order valence-corrected chi connectivity index (χ1v) is 7.22. The molecule has 0 amide bonds. The van der Waals surface area contributed by atoms with E-state index in [9.17, 15) is 4.79 Å². The van der Waals surface area contributed by atoms with Crippen molar-refractivity contribution in [2.24, 2.45) is 16.7 Å². The number of rotatable bonds is 2. The number of quaternary nitrogens is 2. The van der Waals surface area contributed by atoms with E-state index in [0.717, 1.165) is 32.6 Å². The first-order chi connectivity index (χ1) is 8.00. The van der Waals surface area contributed by atoms with Crippen LogP contribution in [0.25, 0.3) is 0 Å². The molecule has 4 aliphatic heterocycles. The van der Waals surface area contributed by atoms with Crippen LogP contribution < -0.4 is 9.80 Å². The molecule has 4 bridgehead atoms. The zero-order valence-electron chi connectivity index (χ0n) is 11.4. The predicted octanol–water partition coefficient (Wildman–Crippen LogP) is -1.60. The topological polar surface area (TPSA) is 26.0 Å². The van der Waals surface area contributed by atoms with Crippen molar-refractivity contribution >= 4 is 5.78 Å². The molecule has 4 saturated heterocycles. The molecular weight excluding hydrogens is 212 g/mol. The molecule has 0 aromatic carbocycles. The van der Waals surface area contributed by atoms with Crippen LogP contribution in [0, 0.1) is 16.7 Å². The number of hydrogen-bond donors (Lipinski definition) is 2. The van der Waals surface area contributed by atoms with E-state index in [0.29, 0.717) is 11.7 Å². The lowest BCUT2D eigenvalue weighted by atomic mass is 9.58. The normalized spacial score (nSPS) is 50.4. The highest BCUT2D eigenvalue weighted by molar-refractivity contribution is 5.91. The summed E-state index contributed by atoms with van der Waals surface area (Å²) in [5, 5.41) is 0. The van der Waals surface area contributed by atoms with E-state index in [1.54, 1.807) is 9.80 Å². The summed E-state index contributed by atoms with van der Waals surface area (Å²) >= 11 is 0. The summed E-state index contributed by atoms with van der Waals surface area (Å²) < 4.78 is 0. The van der Waals surface area contributed by atoms with Gasteiger partial charge in [0.05, 0.1) is 26.2 Å². The number of fused-ring (bicyclic) bond motifs is 1. The summed E-state index contributed by atoms with van der Waals surface area (Å²) in [6.07, 6.45) is 1.14. The zero-order valence-corrected chi connectivity index (χ0v) is 11.4. The number of hydrogen-bond acceptors (Lipinski definition) is 1. The van der Waals surface area contributed by atoms with Crippen LogP contribution in [0.15, 0.2) is 0 Å². The number of ketones is 1. The second-order valence-electron chi connectivity index (χ2n) is 7.06. The molecule has 4 aliphatic rings. The van der Waals surface area contributed by atoms with Gasteiger partial charge >= 0.3 is 0 Å². The van der Waals surface area contributed by atoms with Gasteiger partial charge in [-0.05, 0) is 12.8 Å². The Labute approximate surface area is 104 Å². The van der Waals surface area contributed by atoms with Crippen molar-refractivity contribution in [1.29, 1.82) is 0 Å². The molecule has 4 heterocycles. The molecule has 3 atom stereocenters. The van der Waals surface area contributed by atoms with Gasteiger partial charge in [-0.25, -0.2) is 0 Å². The summed E-state index contributed by atoms with van der Waals surface area (Å²) in [4.78, 5) is 16.3. The highest BCUT2D eigenvalue weighted by Gasteiger charge is 2.65. The van der Waals surface area contributed by atoms with Gasteiger partial charge in [0.2, 0.25) is 0 Å². The van der Waals surface area contributed by atoms with Gasteiger partial charge in [0.25, 0.3) is 0 Å². The van der Waals surface area contributed by atoms with E-state index in [1.807, 2.05) is 0 Å². The molecule has 17 heavy (non-hydrogen) atoms. The number of carbonyl (C=O) groups is 1. The lowest BCUT2D eigenvalue weighted by Gasteiger charge is -2.50. The van der Waals surface area contributed by atoms with Crippen LogP contribution in [0.2, 0.25) is 0 Å². The van der Waals surface area contributed by atoms with Gasteiger partial charge in [-0.1, -0.05) is 20.3 Å². The number of nitrogens with one attached hydrogen (secondary N) is 2.